The number of carbonyl (C=O) groups excluding carboxylic acids is 2. The molecule has 1 N–H and O–H groups in total. The first kappa shape index (κ1) is 17.0. The van der Waals surface area contributed by atoms with Crippen molar-refractivity contribution in [3.8, 4) is 11.1 Å². The summed E-state index contributed by atoms with van der Waals surface area (Å²) in [6.45, 7) is 0. The van der Waals surface area contributed by atoms with E-state index < -0.39 is 17.3 Å². The largest absolute Gasteiger partial charge is 0.357 e. The zero-order valence-corrected chi connectivity index (χ0v) is 15.4. The number of thiophene rings is 1. The smallest absolute Gasteiger partial charge is 0.270 e. The molecule has 26 heavy (non-hydrogen) atoms. The van der Waals surface area contributed by atoms with Crippen LogP contribution in [0.15, 0.2) is 60.7 Å². The molecule has 0 saturated carbocycles. The number of amides is 1. The average molecular weight is 384 g/mol. The predicted octanol–water partition coefficient (Wildman–Crippen LogP) is 4.75. The molecular formula is C20H14ClNO3S. The third-order valence-corrected chi connectivity index (χ3v) is 5.82. The zero-order chi connectivity index (χ0) is 18.3. The van der Waals surface area contributed by atoms with Crippen LogP contribution in [0.1, 0.15) is 15.9 Å². The minimum absolute atomic E-state index is 0.386. The van der Waals surface area contributed by atoms with E-state index in [4.69, 9.17) is 16.3 Å². The van der Waals surface area contributed by atoms with Gasteiger partial charge in [-0.1, -0.05) is 72.3 Å². The van der Waals surface area contributed by atoms with Crippen molar-refractivity contribution in [1.82, 2.24) is 0 Å². The number of ether oxygens (including phenoxy) is 1. The van der Waals surface area contributed by atoms with Gasteiger partial charge in [-0.05, 0) is 5.56 Å². The summed E-state index contributed by atoms with van der Waals surface area (Å²) in [5.74, 6) is -0.923. The molecule has 0 bridgehead atoms. The molecule has 1 aliphatic rings. The second-order valence-corrected chi connectivity index (χ2v) is 7.48. The summed E-state index contributed by atoms with van der Waals surface area (Å²) in [5.41, 5.74) is 0.572. The van der Waals surface area contributed by atoms with Gasteiger partial charge in [-0.2, -0.15) is 0 Å². The van der Waals surface area contributed by atoms with E-state index in [-0.39, 0.29) is 0 Å². The molecular weight excluding hydrogens is 370 g/mol. The van der Waals surface area contributed by atoms with E-state index in [1.54, 1.807) is 24.3 Å². The van der Waals surface area contributed by atoms with Gasteiger partial charge in [0.2, 0.25) is 11.4 Å². The van der Waals surface area contributed by atoms with E-state index >= 15 is 0 Å². The molecule has 0 radical (unpaired) electrons. The summed E-state index contributed by atoms with van der Waals surface area (Å²) < 4.78 is 6.00. The molecule has 4 rings (SSSR count). The molecule has 4 nitrogen and oxygen atoms in total. The number of hydrogen-bond donors (Lipinski definition) is 1. The fraction of sp³-hybridized carbons (Fsp3) is 0.100. The molecule has 1 aliphatic heterocycles. The van der Waals surface area contributed by atoms with E-state index in [2.05, 4.69) is 5.32 Å². The van der Waals surface area contributed by atoms with E-state index in [9.17, 15) is 9.59 Å². The summed E-state index contributed by atoms with van der Waals surface area (Å²) in [6.07, 6.45) is 0. The standard InChI is InChI=1S/C20H14ClNO3S/c1-25-20(13-10-6-3-7-11-13)16(23)15-14(12-8-4-2-5-9-12)17(21)26-18(15)22-19(20)24/h2-11H,1H3,(H,22,24). The lowest BCUT2D eigenvalue weighted by Crippen LogP contribution is -2.51. The first-order valence-corrected chi connectivity index (χ1v) is 9.13. The molecule has 1 amide bonds. The highest BCUT2D eigenvalue weighted by Crippen LogP contribution is 2.49. The van der Waals surface area contributed by atoms with E-state index in [1.165, 1.54) is 18.4 Å². The quantitative estimate of drug-likeness (QED) is 0.664. The Kier molecular flexibility index (Phi) is 4.15. The van der Waals surface area contributed by atoms with Gasteiger partial charge in [0.05, 0.1) is 5.56 Å². The number of halogens is 1. The molecule has 0 spiro atoms. The van der Waals surface area contributed by atoms with Crippen molar-refractivity contribution in [2.75, 3.05) is 12.4 Å². The van der Waals surface area contributed by atoms with Gasteiger partial charge in [0.25, 0.3) is 5.91 Å². The van der Waals surface area contributed by atoms with Crippen LogP contribution in [-0.2, 0) is 15.1 Å². The highest BCUT2D eigenvalue weighted by Gasteiger charge is 2.53. The number of hydrogen-bond acceptors (Lipinski definition) is 4. The van der Waals surface area contributed by atoms with Crippen LogP contribution in [0.3, 0.4) is 0 Å². The summed E-state index contributed by atoms with van der Waals surface area (Å²) in [5, 5.41) is 3.26. The molecule has 2 heterocycles. The molecule has 1 atom stereocenters. The van der Waals surface area contributed by atoms with Crippen LogP contribution in [0.5, 0.6) is 0 Å². The number of anilines is 1. The first-order valence-electron chi connectivity index (χ1n) is 7.94. The molecule has 1 aromatic heterocycles. The van der Waals surface area contributed by atoms with Crippen molar-refractivity contribution in [2.24, 2.45) is 0 Å². The molecule has 3 aromatic rings. The number of ketones is 1. The Morgan fingerprint density at radius 3 is 2.19 bits per heavy atom. The number of benzene rings is 2. The Balaban J connectivity index is 1.97. The lowest BCUT2D eigenvalue weighted by Gasteiger charge is -2.33. The zero-order valence-electron chi connectivity index (χ0n) is 13.8. The molecule has 0 fully saturated rings. The third kappa shape index (κ3) is 2.32. The normalized spacial score (nSPS) is 19.2. The van der Waals surface area contributed by atoms with Crippen LogP contribution < -0.4 is 5.32 Å². The minimum atomic E-state index is -1.73. The van der Waals surface area contributed by atoms with E-state index in [1.807, 2.05) is 36.4 Å². The molecule has 130 valence electrons. The van der Waals surface area contributed by atoms with Crippen LogP contribution in [0.25, 0.3) is 11.1 Å². The van der Waals surface area contributed by atoms with Crippen LogP contribution in [-0.4, -0.2) is 18.8 Å². The second kappa shape index (κ2) is 6.36. The fourth-order valence-corrected chi connectivity index (χ4v) is 4.66. The Morgan fingerprint density at radius 2 is 1.58 bits per heavy atom. The van der Waals surface area contributed by atoms with E-state index in [0.717, 1.165) is 5.56 Å². The fourth-order valence-electron chi connectivity index (χ4n) is 3.28. The van der Waals surface area contributed by atoms with Gasteiger partial charge in [-0.15, -0.1) is 11.3 Å². The SMILES string of the molecule is COC1(c2ccccc2)C(=O)Nc2sc(Cl)c(-c3ccccc3)c2C1=O. The van der Waals surface area contributed by atoms with Gasteiger partial charge in [0.15, 0.2) is 0 Å². The number of fused-ring (bicyclic) bond motifs is 1. The van der Waals surface area contributed by atoms with Crippen LogP contribution in [0.2, 0.25) is 4.34 Å². The monoisotopic (exact) mass is 383 g/mol. The summed E-state index contributed by atoms with van der Waals surface area (Å²) in [6, 6.07) is 18.2. The van der Waals surface area contributed by atoms with E-state index in [0.29, 0.717) is 26.0 Å². The van der Waals surface area contributed by atoms with Crippen molar-refractivity contribution in [2.45, 2.75) is 5.60 Å². The van der Waals surface area contributed by atoms with Gasteiger partial charge in [0, 0.05) is 18.2 Å². The Morgan fingerprint density at radius 1 is 0.962 bits per heavy atom. The number of nitrogens with one attached hydrogen (secondary N) is 1. The maximum atomic E-state index is 13.6. The summed E-state index contributed by atoms with van der Waals surface area (Å²) >= 11 is 7.62. The molecule has 6 heteroatoms. The number of methoxy groups -OCH3 is 1. The number of Topliss-reactive ketones (excluding diaryl/α,β-unsaturated/α-hetero) is 1. The van der Waals surface area contributed by atoms with Gasteiger partial charge in [-0.25, -0.2) is 0 Å². The lowest BCUT2D eigenvalue weighted by molar-refractivity contribution is -0.133. The Labute approximate surface area is 159 Å². The lowest BCUT2D eigenvalue weighted by atomic mass is 9.81. The molecule has 0 saturated heterocycles. The van der Waals surface area contributed by atoms with Crippen molar-refractivity contribution >= 4 is 39.6 Å². The van der Waals surface area contributed by atoms with Crippen molar-refractivity contribution in [1.29, 1.82) is 0 Å². The average Bonchev–Trinajstić information content (AvgIpc) is 3.00. The molecule has 1 unspecified atom stereocenters. The van der Waals surface area contributed by atoms with Crippen LogP contribution in [0.4, 0.5) is 5.00 Å². The maximum Gasteiger partial charge on any atom is 0.270 e. The highest BCUT2D eigenvalue weighted by molar-refractivity contribution is 7.21. The van der Waals surface area contributed by atoms with Crippen LogP contribution >= 0.6 is 22.9 Å². The van der Waals surface area contributed by atoms with Gasteiger partial charge >= 0.3 is 0 Å². The predicted molar refractivity (Wildman–Crippen MR) is 103 cm³/mol. The highest BCUT2D eigenvalue weighted by atomic mass is 35.5. The summed E-state index contributed by atoms with van der Waals surface area (Å²) in [4.78, 5) is 26.4. The third-order valence-electron chi connectivity index (χ3n) is 4.51. The Bertz CT molecular complexity index is 1000. The van der Waals surface area contributed by atoms with Gasteiger partial charge < -0.3 is 10.1 Å². The van der Waals surface area contributed by atoms with Crippen LogP contribution in [0, 0.1) is 0 Å². The van der Waals surface area contributed by atoms with Crippen molar-refractivity contribution < 1.29 is 14.3 Å². The van der Waals surface area contributed by atoms with Gasteiger partial charge in [-0.3, -0.25) is 9.59 Å². The van der Waals surface area contributed by atoms with Crippen molar-refractivity contribution in [3.05, 3.63) is 76.1 Å². The number of rotatable bonds is 3. The molecule has 2 aromatic carbocycles. The molecule has 0 aliphatic carbocycles. The Hall–Kier alpha value is -2.47. The first-order chi connectivity index (χ1) is 12.6. The maximum absolute atomic E-state index is 13.6. The second-order valence-electron chi connectivity index (χ2n) is 5.86. The summed E-state index contributed by atoms with van der Waals surface area (Å²) in [7, 11) is 1.37. The topological polar surface area (TPSA) is 55.4 Å². The van der Waals surface area contributed by atoms with Crippen molar-refractivity contribution in [3.63, 3.8) is 0 Å². The minimum Gasteiger partial charge on any atom is -0.357 e. The van der Waals surface area contributed by atoms with Gasteiger partial charge in [0.1, 0.15) is 9.34 Å². The number of carbonyl (C=O) groups is 2.